The maximum atomic E-state index is 5.89. The van der Waals surface area contributed by atoms with Crippen molar-refractivity contribution in [3.63, 3.8) is 0 Å². The van der Waals surface area contributed by atoms with E-state index < -0.39 is 0 Å². The Kier molecular flexibility index (Phi) is 5.26. The minimum atomic E-state index is 0.361. The van der Waals surface area contributed by atoms with Crippen molar-refractivity contribution in [2.45, 2.75) is 25.3 Å². The summed E-state index contributed by atoms with van der Waals surface area (Å²) < 4.78 is 5.44. The Bertz CT molecular complexity index is 615. The number of nitrogens with two attached hydrogens (primary N) is 1. The van der Waals surface area contributed by atoms with Crippen LogP contribution >= 0.6 is 12.1 Å². The van der Waals surface area contributed by atoms with Crippen molar-refractivity contribution in [1.29, 1.82) is 0 Å². The Morgan fingerprint density at radius 2 is 1.76 bits per heavy atom. The van der Waals surface area contributed by atoms with E-state index in [-0.39, 0.29) is 0 Å². The molecule has 0 saturated heterocycles. The maximum absolute atomic E-state index is 5.89. The van der Waals surface area contributed by atoms with Crippen LogP contribution in [0.4, 0.5) is 0 Å². The van der Waals surface area contributed by atoms with Crippen molar-refractivity contribution in [1.82, 2.24) is 0 Å². The zero-order valence-corrected chi connectivity index (χ0v) is 13.2. The van der Waals surface area contributed by atoms with Crippen LogP contribution in [0.15, 0.2) is 42.5 Å². The molecule has 107 valence electrons. The second-order valence-corrected chi connectivity index (χ2v) is 5.33. The Hall–Kier alpha value is -1.52. The van der Waals surface area contributed by atoms with E-state index in [9.17, 15) is 0 Å². The van der Waals surface area contributed by atoms with Crippen molar-refractivity contribution < 1.29 is 4.74 Å². The van der Waals surface area contributed by atoms with Crippen molar-refractivity contribution in [3.05, 3.63) is 53.6 Å². The molecule has 3 rings (SSSR count). The molecular formula is C17H19BNOS. The van der Waals surface area contributed by atoms with Crippen molar-refractivity contribution in [2.75, 3.05) is 7.11 Å². The van der Waals surface area contributed by atoms with Crippen LogP contribution < -0.4 is 10.5 Å². The Morgan fingerprint density at radius 3 is 2.29 bits per heavy atom. The number of rotatable bonds is 3. The summed E-state index contributed by atoms with van der Waals surface area (Å²) in [5.74, 6) is 1.48. The predicted molar refractivity (Wildman–Crippen MR) is 91.8 cm³/mol. The van der Waals surface area contributed by atoms with Gasteiger partial charge in [0, 0.05) is 17.5 Å². The molecule has 1 fully saturated rings. The molecule has 21 heavy (non-hydrogen) atoms. The van der Waals surface area contributed by atoms with Crippen LogP contribution in [0.2, 0.25) is 0 Å². The van der Waals surface area contributed by atoms with E-state index in [0.717, 1.165) is 17.7 Å². The molecule has 2 aromatic carbocycles. The zero-order valence-electron chi connectivity index (χ0n) is 12.4. The SMILES string of the molecule is COc1ccc(C)cc1-c1ccc([C@H]2C[C@@H]2N)cc1.[B]=S. The van der Waals surface area contributed by atoms with E-state index in [2.05, 4.69) is 62.1 Å². The van der Waals surface area contributed by atoms with Crippen LogP contribution in [-0.4, -0.2) is 19.9 Å². The van der Waals surface area contributed by atoms with Gasteiger partial charge in [-0.3, -0.25) is 0 Å². The van der Waals surface area contributed by atoms with Gasteiger partial charge in [0.05, 0.1) is 7.11 Å². The molecule has 0 unspecified atom stereocenters. The summed E-state index contributed by atoms with van der Waals surface area (Å²) in [5, 5.41) is 0. The van der Waals surface area contributed by atoms with Gasteiger partial charge in [0.25, 0.3) is 0 Å². The van der Waals surface area contributed by atoms with E-state index in [1.54, 1.807) is 7.11 Å². The molecule has 1 aliphatic rings. The van der Waals surface area contributed by atoms with Crippen LogP contribution in [0, 0.1) is 6.92 Å². The van der Waals surface area contributed by atoms with Gasteiger partial charge in [0.15, 0.2) is 0 Å². The number of methoxy groups -OCH3 is 1. The predicted octanol–water partition coefficient (Wildman–Crippen LogP) is 3.75. The van der Waals surface area contributed by atoms with Crippen LogP contribution in [0.25, 0.3) is 11.1 Å². The molecule has 0 spiro atoms. The van der Waals surface area contributed by atoms with Crippen molar-refractivity contribution >= 4 is 18.8 Å². The average Bonchev–Trinajstić information content (AvgIpc) is 3.26. The molecule has 0 aromatic heterocycles. The molecule has 0 heterocycles. The van der Waals surface area contributed by atoms with Gasteiger partial charge in [-0.05, 0) is 36.6 Å². The van der Waals surface area contributed by atoms with Gasteiger partial charge in [-0.1, -0.05) is 35.9 Å². The Balaban J connectivity index is 0.000000774. The zero-order chi connectivity index (χ0) is 15.4. The van der Waals surface area contributed by atoms with Gasteiger partial charge in [-0.2, -0.15) is 0 Å². The second-order valence-electron chi connectivity index (χ2n) is 5.33. The summed E-state index contributed by atoms with van der Waals surface area (Å²) in [6.07, 6.45) is 1.12. The summed E-state index contributed by atoms with van der Waals surface area (Å²) in [6, 6.07) is 15.3. The first kappa shape index (κ1) is 15.9. The molecule has 1 radical (unpaired) electrons. The third-order valence-corrected chi connectivity index (χ3v) is 3.84. The van der Waals surface area contributed by atoms with Gasteiger partial charge >= 0.3 is 18.8 Å². The van der Waals surface area contributed by atoms with Gasteiger partial charge < -0.3 is 10.5 Å². The number of hydrogen-bond donors (Lipinski definition) is 1. The summed E-state index contributed by atoms with van der Waals surface area (Å²) in [4.78, 5) is 0. The second kappa shape index (κ2) is 6.96. The van der Waals surface area contributed by atoms with Gasteiger partial charge in [-0.15, -0.1) is 0 Å². The first-order valence-electron chi connectivity index (χ1n) is 6.93. The van der Waals surface area contributed by atoms with E-state index in [4.69, 9.17) is 10.5 Å². The fraction of sp³-hybridized carbons (Fsp3) is 0.294. The molecule has 2 aromatic rings. The molecule has 2 N–H and O–H groups in total. The molecular weight excluding hydrogens is 277 g/mol. The van der Waals surface area contributed by atoms with Crippen LogP contribution in [0.5, 0.6) is 5.75 Å². The van der Waals surface area contributed by atoms with Crippen molar-refractivity contribution in [2.24, 2.45) is 5.73 Å². The summed E-state index contributed by atoms with van der Waals surface area (Å²) in [5.41, 5.74) is 10.8. The minimum absolute atomic E-state index is 0.361. The topological polar surface area (TPSA) is 35.2 Å². The third-order valence-electron chi connectivity index (χ3n) is 3.84. The molecule has 2 nitrogen and oxygen atoms in total. The number of hydrogen-bond acceptors (Lipinski definition) is 3. The van der Waals surface area contributed by atoms with E-state index >= 15 is 0 Å². The molecule has 1 aliphatic carbocycles. The third kappa shape index (κ3) is 3.58. The van der Waals surface area contributed by atoms with E-state index in [0.29, 0.717) is 12.0 Å². The summed E-state index contributed by atoms with van der Waals surface area (Å²) in [7, 11) is 1.71. The standard InChI is InChI=1S/C17H19NO.BS/c1-11-3-8-17(19-2)15(9-11)13-6-4-12(5-7-13)14-10-16(14)18;1-2/h3-9,14,16H,10,18H2,1-2H3;/t14-,16+;/m1./s1. The summed E-state index contributed by atoms with van der Waals surface area (Å²) >= 11 is 3.58. The number of benzene rings is 2. The van der Waals surface area contributed by atoms with Crippen LogP contribution in [-0.2, 0) is 0 Å². The van der Waals surface area contributed by atoms with Gasteiger partial charge in [0.2, 0.25) is 0 Å². The molecule has 0 amide bonds. The molecule has 2 atom stereocenters. The Labute approximate surface area is 132 Å². The molecule has 1 saturated carbocycles. The normalized spacial score (nSPS) is 19.3. The fourth-order valence-corrected chi connectivity index (χ4v) is 2.56. The first-order chi connectivity index (χ1) is 10.2. The Morgan fingerprint density at radius 1 is 1.14 bits per heavy atom. The van der Waals surface area contributed by atoms with Gasteiger partial charge in [0.1, 0.15) is 5.75 Å². The quantitative estimate of drug-likeness (QED) is 0.876. The molecule has 0 aliphatic heterocycles. The summed E-state index contributed by atoms with van der Waals surface area (Å²) in [6.45, 7) is 6.18. The monoisotopic (exact) mass is 296 g/mol. The fourth-order valence-electron chi connectivity index (χ4n) is 2.56. The van der Waals surface area contributed by atoms with Crippen LogP contribution in [0.1, 0.15) is 23.5 Å². The van der Waals surface area contributed by atoms with Crippen molar-refractivity contribution in [3.8, 4) is 16.9 Å². The van der Waals surface area contributed by atoms with E-state index in [1.165, 1.54) is 16.7 Å². The molecule has 4 heteroatoms. The first-order valence-corrected chi connectivity index (χ1v) is 7.40. The molecule has 0 bridgehead atoms. The number of aryl methyl sites for hydroxylation is 1. The average molecular weight is 296 g/mol. The van der Waals surface area contributed by atoms with Gasteiger partial charge in [-0.25, -0.2) is 0 Å². The number of ether oxygens (including phenoxy) is 1. The van der Waals surface area contributed by atoms with E-state index in [1.807, 2.05) is 6.07 Å². The van der Waals surface area contributed by atoms with Crippen LogP contribution in [0.3, 0.4) is 0 Å².